The average molecular weight is 278 g/mol. The second kappa shape index (κ2) is 10.7. The van der Waals surface area contributed by atoms with Crippen LogP contribution in [0.2, 0.25) is 0 Å². The SMILES string of the molecule is CCCCC=CC1CC1C=CCCCCCC(=O)OC. The van der Waals surface area contributed by atoms with Crippen molar-refractivity contribution in [1.29, 1.82) is 0 Å². The minimum absolute atomic E-state index is 0.0868. The molecule has 0 aliphatic heterocycles. The van der Waals surface area contributed by atoms with Crippen LogP contribution in [0.15, 0.2) is 24.3 Å². The topological polar surface area (TPSA) is 26.3 Å². The van der Waals surface area contributed by atoms with Gasteiger partial charge in [0.25, 0.3) is 0 Å². The Balaban J connectivity index is 1.93. The van der Waals surface area contributed by atoms with Gasteiger partial charge in [0, 0.05) is 6.42 Å². The summed E-state index contributed by atoms with van der Waals surface area (Å²) in [5.74, 6) is 1.52. The Kier molecular flexibility index (Phi) is 9.10. The van der Waals surface area contributed by atoms with Crippen molar-refractivity contribution < 1.29 is 9.53 Å². The van der Waals surface area contributed by atoms with Crippen molar-refractivity contribution in [2.45, 2.75) is 64.7 Å². The molecule has 1 aliphatic rings. The van der Waals surface area contributed by atoms with Crippen LogP contribution in [0.1, 0.15) is 64.7 Å². The van der Waals surface area contributed by atoms with E-state index in [1.165, 1.54) is 39.2 Å². The molecule has 1 aliphatic carbocycles. The molecule has 0 spiro atoms. The molecule has 1 fully saturated rings. The number of esters is 1. The van der Waals surface area contributed by atoms with Crippen LogP contribution >= 0.6 is 0 Å². The molecule has 0 bridgehead atoms. The van der Waals surface area contributed by atoms with Crippen LogP contribution in [0.5, 0.6) is 0 Å². The number of carbonyl (C=O) groups is 1. The Hall–Kier alpha value is -1.05. The zero-order valence-electron chi connectivity index (χ0n) is 13.1. The first-order valence-electron chi connectivity index (χ1n) is 8.18. The fourth-order valence-electron chi connectivity index (χ4n) is 2.35. The summed E-state index contributed by atoms with van der Waals surface area (Å²) >= 11 is 0. The van der Waals surface area contributed by atoms with Gasteiger partial charge in [-0.2, -0.15) is 0 Å². The molecule has 114 valence electrons. The summed E-state index contributed by atoms with van der Waals surface area (Å²) < 4.78 is 4.62. The lowest BCUT2D eigenvalue weighted by molar-refractivity contribution is -0.140. The van der Waals surface area contributed by atoms with Crippen molar-refractivity contribution in [2.24, 2.45) is 11.8 Å². The maximum absolute atomic E-state index is 10.9. The van der Waals surface area contributed by atoms with Crippen LogP contribution < -0.4 is 0 Å². The smallest absolute Gasteiger partial charge is 0.305 e. The zero-order valence-corrected chi connectivity index (χ0v) is 13.1. The number of rotatable bonds is 11. The van der Waals surface area contributed by atoms with Gasteiger partial charge in [-0.15, -0.1) is 0 Å². The predicted octanol–water partition coefficient (Wildman–Crippen LogP) is 5.05. The van der Waals surface area contributed by atoms with Gasteiger partial charge in [-0.05, 0) is 43.9 Å². The fourth-order valence-corrected chi connectivity index (χ4v) is 2.35. The van der Waals surface area contributed by atoms with Crippen molar-refractivity contribution in [3.8, 4) is 0 Å². The lowest BCUT2D eigenvalue weighted by Gasteiger charge is -1.98. The summed E-state index contributed by atoms with van der Waals surface area (Å²) in [4.78, 5) is 10.9. The number of ether oxygens (including phenoxy) is 1. The van der Waals surface area contributed by atoms with Crippen molar-refractivity contribution in [2.75, 3.05) is 7.11 Å². The zero-order chi connectivity index (χ0) is 14.6. The quantitative estimate of drug-likeness (QED) is 0.300. The van der Waals surface area contributed by atoms with Gasteiger partial charge in [0.1, 0.15) is 0 Å². The summed E-state index contributed by atoms with van der Waals surface area (Å²) in [6.45, 7) is 2.24. The molecule has 0 amide bonds. The number of carbonyl (C=O) groups excluding carboxylic acids is 1. The standard InChI is InChI=1S/C18H30O2/c1-3-4-5-9-12-16-15-17(16)13-10-7-6-8-11-14-18(19)20-2/h9-10,12-13,16-17H,3-8,11,14-15H2,1-2H3. The third kappa shape index (κ3) is 8.19. The van der Waals surface area contributed by atoms with Gasteiger partial charge in [0.05, 0.1) is 7.11 Å². The molecule has 2 nitrogen and oxygen atoms in total. The molecule has 20 heavy (non-hydrogen) atoms. The molecule has 1 rings (SSSR count). The Morgan fingerprint density at radius 2 is 1.70 bits per heavy atom. The van der Waals surface area contributed by atoms with Crippen molar-refractivity contribution >= 4 is 5.97 Å². The van der Waals surface area contributed by atoms with Gasteiger partial charge in [-0.3, -0.25) is 4.79 Å². The number of allylic oxidation sites excluding steroid dienone is 4. The highest BCUT2D eigenvalue weighted by Crippen LogP contribution is 2.40. The van der Waals surface area contributed by atoms with Crippen LogP contribution in [-0.2, 0) is 9.53 Å². The first-order valence-corrected chi connectivity index (χ1v) is 8.18. The van der Waals surface area contributed by atoms with Gasteiger partial charge in [0.15, 0.2) is 0 Å². The molecule has 0 aromatic rings. The number of unbranched alkanes of at least 4 members (excludes halogenated alkanes) is 5. The highest BCUT2D eigenvalue weighted by Gasteiger charge is 2.31. The van der Waals surface area contributed by atoms with Crippen molar-refractivity contribution in [3.05, 3.63) is 24.3 Å². The third-order valence-electron chi connectivity index (χ3n) is 3.86. The summed E-state index contributed by atoms with van der Waals surface area (Å²) in [6.07, 6.45) is 19.6. The maximum Gasteiger partial charge on any atom is 0.305 e. The van der Waals surface area contributed by atoms with Gasteiger partial charge in [-0.25, -0.2) is 0 Å². The molecule has 0 heterocycles. The van der Waals surface area contributed by atoms with Crippen LogP contribution in [0, 0.1) is 11.8 Å². The Bertz CT molecular complexity index is 317. The lowest BCUT2D eigenvalue weighted by Crippen LogP contribution is -1.98. The molecule has 2 heteroatoms. The summed E-state index contributed by atoms with van der Waals surface area (Å²) in [7, 11) is 1.45. The molecular formula is C18H30O2. The van der Waals surface area contributed by atoms with Crippen LogP contribution in [0.25, 0.3) is 0 Å². The van der Waals surface area contributed by atoms with E-state index in [1.54, 1.807) is 0 Å². The second-order valence-corrected chi connectivity index (χ2v) is 5.74. The Labute approximate surface area is 124 Å². The minimum Gasteiger partial charge on any atom is -0.469 e. The van der Waals surface area contributed by atoms with E-state index in [0.717, 1.165) is 31.1 Å². The first kappa shape index (κ1) is 17.0. The van der Waals surface area contributed by atoms with E-state index in [9.17, 15) is 4.79 Å². The molecule has 2 atom stereocenters. The highest BCUT2D eigenvalue weighted by molar-refractivity contribution is 5.68. The van der Waals surface area contributed by atoms with E-state index in [2.05, 4.69) is 36.0 Å². The predicted molar refractivity (Wildman–Crippen MR) is 84.5 cm³/mol. The Morgan fingerprint density at radius 1 is 1.05 bits per heavy atom. The summed E-state index contributed by atoms with van der Waals surface area (Å²) in [5, 5.41) is 0. The molecular weight excluding hydrogens is 248 g/mol. The number of hydrogen-bond acceptors (Lipinski definition) is 2. The van der Waals surface area contributed by atoms with Crippen molar-refractivity contribution in [3.63, 3.8) is 0 Å². The number of methoxy groups -OCH3 is 1. The normalized spacial score (nSPS) is 21.7. The average Bonchev–Trinajstić information content (AvgIpc) is 3.20. The molecule has 2 unspecified atom stereocenters. The number of hydrogen-bond donors (Lipinski definition) is 0. The summed E-state index contributed by atoms with van der Waals surface area (Å²) in [5.41, 5.74) is 0. The lowest BCUT2D eigenvalue weighted by atomic mass is 10.1. The Morgan fingerprint density at radius 3 is 2.30 bits per heavy atom. The van der Waals surface area contributed by atoms with E-state index in [4.69, 9.17) is 0 Å². The van der Waals surface area contributed by atoms with Crippen LogP contribution in [0.3, 0.4) is 0 Å². The van der Waals surface area contributed by atoms with E-state index in [0.29, 0.717) is 6.42 Å². The third-order valence-corrected chi connectivity index (χ3v) is 3.86. The van der Waals surface area contributed by atoms with Gasteiger partial charge in [-0.1, -0.05) is 50.5 Å². The van der Waals surface area contributed by atoms with E-state index in [-0.39, 0.29) is 5.97 Å². The fraction of sp³-hybridized carbons (Fsp3) is 0.722. The second-order valence-electron chi connectivity index (χ2n) is 5.74. The van der Waals surface area contributed by atoms with Crippen LogP contribution in [0.4, 0.5) is 0 Å². The maximum atomic E-state index is 10.9. The van der Waals surface area contributed by atoms with E-state index >= 15 is 0 Å². The molecule has 1 saturated carbocycles. The highest BCUT2D eigenvalue weighted by atomic mass is 16.5. The van der Waals surface area contributed by atoms with Crippen LogP contribution in [-0.4, -0.2) is 13.1 Å². The first-order chi connectivity index (χ1) is 9.77. The van der Waals surface area contributed by atoms with E-state index < -0.39 is 0 Å². The van der Waals surface area contributed by atoms with Gasteiger partial charge in [0.2, 0.25) is 0 Å². The largest absolute Gasteiger partial charge is 0.469 e. The molecule has 0 saturated heterocycles. The molecule has 0 radical (unpaired) electrons. The monoisotopic (exact) mass is 278 g/mol. The minimum atomic E-state index is -0.0868. The van der Waals surface area contributed by atoms with E-state index in [1.807, 2.05) is 0 Å². The van der Waals surface area contributed by atoms with Crippen molar-refractivity contribution in [1.82, 2.24) is 0 Å². The molecule has 0 aromatic carbocycles. The molecule has 0 N–H and O–H groups in total. The molecule has 0 aromatic heterocycles. The van der Waals surface area contributed by atoms with Gasteiger partial charge >= 0.3 is 5.97 Å². The summed E-state index contributed by atoms with van der Waals surface area (Å²) in [6, 6.07) is 0. The van der Waals surface area contributed by atoms with Gasteiger partial charge < -0.3 is 4.74 Å².